The largest absolute Gasteiger partial charge is 0.317 e. The van der Waals surface area contributed by atoms with E-state index in [9.17, 15) is 4.21 Å². The van der Waals surface area contributed by atoms with Gasteiger partial charge in [0.1, 0.15) is 0 Å². The topological polar surface area (TPSA) is 29.1 Å². The van der Waals surface area contributed by atoms with Crippen molar-refractivity contribution >= 4 is 10.8 Å². The molecule has 15 heavy (non-hydrogen) atoms. The van der Waals surface area contributed by atoms with Crippen LogP contribution in [0.25, 0.3) is 0 Å². The molecular formula is C12H19NOS. The zero-order chi connectivity index (χ0) is 11.3. The van der Waals surface area contributed by atoms with E-state index in [0.717, 1.165) is 17.1 Å². The van der Waals surface area contributed by atoms with E-state index in [0.29, 0.717) is 6.04 Å². The predicted molar refractivity (Wildman–Crippen MR) is 65.6 cm³/mol. The molecule has 0 aliphatic rings. The molecule has 2 nitrogen and oxygen atoms in total. The maximum atomic E-state index is 11.9. The van der Waals surface area contributed by atoms with Crippen LogP contribution in [0.15, 0.2) is 29.2 Å². The lowest BCUT2D eigenvalue weighted by molar-refractivity contribution is 0.591. The normalized spacial score (nSPS) is 14.9. The Morgan fingerprint density at radius 1 is 1.33 bits per heavy atom. The minimum Gasteiger partial charge on any atom is -0.317 e. The minimum absolute atomic E-state index is 0.430. The molecule has 0 fully saturated rings. The molecule has 0 amide bonds. The molecule has 1 aromatic rings. The molecule has 1 rings (SSSR count). The lowest BCUT2D eigenvalue weighted by atomic mass is 10.2. The number of hydrogen-bond donors (Lipinski definition) is 1. The second-order valence-electron chi connectivity index (χ2n) is 3.84. The smallest absolute Gasteiger partial charge is 0.0530 e. The quantitative estimate of drug-likeness (QED) is 0.831. The maximum absolute atomic E-state index is 11.9. The van der Waals surface area contributed by atoms with Crippen molar-refractivity contribution in [1.29, 1.82) is 0 Å². The molecule has 0 spiro atoms. The highest BCUT2D eigenvalue weighted by atomic mass is 32.2. The van der Waals surface area contributed by atoms with Gasteiger partial charge in [-0.2, -0.15) is 0 Å². The third-order valence-corrected chi connectivity index (χ3v) is 3.92. The van der Waals surface area contributed by atoms with Crippen molar-refractivity contribution in [1.82, 2.24) is 5.32 Å². The number of nitrogens with one attached hydrogen (secondary N) is 1. The summed E-state index contributed by atoms with van der Waals surface area (Å²) in [5, 5.41) is 3.15. The van der Waals surface area contributed by atoms with Gasteiger partial charge in [0.05, 0.1) is 10.8 Å². The highest BCUT2D eigenvalue weighted by Gasteiger charge is 2.05. The second kappa shape index (κ2) is 6.03. The Balaban J connectivity index is 2.50. The van der Waals surface area contributed by atoms with E-state index < -0.39 is 10.8 Å². The highest BCUT2D eigenvalue weighted by Crippen LogP contribution is 2.09. The fourth-order valence-electron chi connectivity index (χ4n) is 1.24. The van der Waals surface area contributed by atoms with Gasteiger partial charge in [-0.15, -0.1) is 0 Å². The summed E-state index contributed by atoms with van der Waals surface area (Å²) < 4.78 is 11.9. The number of hydrogen-bond acceptors (Lipinski definition) is 2. The summed E-state index contributed by atoms with van der Waals surface area (Å²) in [6.45, 7) is 4.14. The van der Waals surface area contributed by atoms with Crippen molar-refractivity contribution < 1.29 is 4.21 Å². The summed E-state index contributed by atoms with van der Waals surface area (Å²) in [5.41, 5.74) is 1.21. The van der Waals surface area contributed by atoms with Crippen LogP contribution in [0.2, 0.25) is 0 Å². The molecule has 84 valence electrons. The molecule has 0 saturated carbocycles. The molecule has 3 heteroatoms. The summed E-state index contributed by atoms with van der Waals surface area (Å²) in [7, 11) is 1.08. The van der Waals surface area contributed by atoms with Gasteiger partial charge in [-0.1, -0.05) is 17.7 Å². The van der Waals surface area contributed by atoms with Crippen molar-refractivity contribution in [2.45, 2.75) is 31.2 Å². The van der Waals surface area contributed by atoms with E-state index in [1.54, 1.807) is 0 Å². The van der Waals surface area contributed by atoms with Crippen LogP contribution in [-0.4, -0.2) is 23.1 Å². The molecule has 0 saturated heterocycles. The summed E-state index contributed by atoms with van der Waals surface area (Å²) in [6.07, 6.45) is 0.941. The zero-order valence-corrected chi connectivity index (χ0v) is 10.4. The molecule has 1 aromatic carbocycles. The summed E-state index contributed by atoms with van der Waals surface area (Å²) >= 11 is 0. The van der Waals surface area contributed by atoms with Crippen molar-refractivity contribution in [3.8, 4) is 0 Å². The molecule has 1 N–H and O–H groups in total. The molecule has 0 radical (unpaired) electrons. The minimum atomic E-state index is -0.854. The average Bonchev–Trinajstić information content (AvgIpc) is 2.26. The van der Waals surface area contributed by atoms with Gasteiger partial charge in [0.2, 0.25) is 0 Å². The molecular weight excluding hydrogens is 206 g/mol. The van der Waals surface area contributed by atoms with E-state index in [1.807, 2.05) is 38.2 Å². The van der Waals surface area contributed by atoms with Crippen molar-refractivity contribution in [2.24, 2.45) is 0 Å². The van der Waals surface area contributed by atoms with Crippen molar-refractivity contribution in [2.75, 3.05) is 12.8 Å². The Hall–Kier alpha value is -0.670. The van der Waals surface area contributed by atoms with Gasteiger partial charge in [0.15, 0.2) is 0 Å². The fraction of sp³-hybridized carbons (Fsp3) is 0.500. The Bertz CT molecular complexity index is 321. The van der Waals surface area contributed by atoms with E-state index in [-0.39, 0.29) is 0 Å². The molecule has 2 unspecified atom stereocenters. The van der Waals surface area contributed by atoms with E-state index in [1.165, 1.54) is 5.56 Å². The summed E-state index contributed by atoms with van der Waals surface area (Å²) in [6, 6.07) is 8.36. The summed E-state index contributed by atoms with van der Waals surface area (Å²) in [4.78, 5) is 0.934. The first-order valence-corrected chi connectivity index (χ1v) is 6.57. The van der Waals surface area contributed by atoms with Gasteiger partial charge in [0.25, 0.3) is 0 Å². The van der Waals surface area contributed by atoms with Crippen LogP contribution in [0.1, 0.15) is 18.9 Å². The second-order valence-corrected chi connectivity index (χ2v) is 5.41. The van der Waals surface area contributed by atoms with Crippen LogP contribution in [0, 0.1) is 6.92 Å². The average molecular weight is 225 g/mol. The molecule has 0 bridgehead atoms. The molecule has 0 aromatic heterocycles. The fourth-order valence-corrected chi connectivity index (χ4v) is 2.48. The Morgan fingerprint density at radius 3 is 2.47 bits per heavy atom. The molecule has 0 aliphatic heterocycles. The first kappa shape index (κ1) is 12.4. The SMILES string of the molecule is CNC(C)CCS(=O)c1ccc(C)cc1. The van der Waals surface area contributed by atoms with Crippen LogP contribution < -0.4 is 5.32 Å². The van der Waals surface area contributed by atoms with Gasteiger partial charge >= 0.3 is 0 Å². The highest BCUT2D eigenvalue weighted by molar-refractivity contribution is 7.85. The number of benzene rings is 1. The predicted octanol–water partition coefficient (Wildman–Crippen LogP) is 2.10. The van der Waals surface area contributed by atoms with Crippen LogP contribution in [0.5, 0.6) is 0 Å². The maximum Gasteiger partial charge on any atom is 0.0530 e. The first-order valence-electron chi connectivity index (χ1n) is 5.26. The van der Waals surface area contributed by atoms with Gasteiger partial charge < -0.3 is 5.32 Å². The lowest BCUT2D eigenvalue weighted by Crippen LogP contribution is -2.23. The Morgan fingerprint density at radius 2 is 1.93 bits per heavy atom. The van der Waals surface area contributed by atoms with Crippen molar-refractivity contribution in [3.63, 3.8) is 0 Å². The molecule has 0 heterocycles. The lowest BCUT2D eigenvalue weighted by Gasteiger charge is -2.09. The van der Waals surface area contributed by atoms with Gasteiger partial charge in [-0.05, 0) is 39.4 Å². The van der Waals surface area contributed by atoms with Crippen LogP contribution in [-0.2, 0) is 10.8 Å². The Labute approximate surface area is 94.5 Å². The first-order chi connectivity index (χ1) is 7.13. The van der Waals surface area contributed by atoms with Gasteiger partial charge in [-0.3, -0.25) is 4.21 Å². The van der Waals surface area contributed by atoms with Crippen molar-refractivity contribution in [3.05, 3.63) is 29.8 Å². The zero-order valence-electron chi connectivity index (χ0n) is 9.62. The number of rotatable bonds is 5. The third-order valence-electron chi connectivity index (χ3n) is 2.51. The van der Waals surface area contributed by atoms with Gasteiger partial charge in [-0.25, -0.2) is 0 Å². The standard InChI is InChI=1S/C12H19NOS/c1-10-4-6-12(7-5-10)15(14)9-8-11(2)13-3/h4-7,11,13H,8-9H2,1-3H3. The molecule has 0 aliphatic carbocycles. The van der Waals surface area contributed by atoms with E-state index in [2.05, 4.69) is 12.2 Å². The van der Waals surface area contributed by atoms with E-state index in [4.69, 9.17) is 0 Å². The Kier molecular flexibility index (Phi) is 4.99. The monoisotopic (exact) mass is 225 g/mol. The third kappa shape index (κ3) is 4.14. The molecule has 2 atom stereocenters. The summed E-state index contributed by atoms with van der Waals surface area (Å²) in [5.74, 6) is 0.727. The number of aryl methyl sites for hydroxylation is 1. The van der Waals surface area contributed by atoms with E-state index >= 15 is 0 Å². The van der Waals surface area contributed by atoms with Gasteiger partial charge in [0, 0.05) is 16.7 Å². The van der Waals surface area contributed by atoms with Crippen LogP contribution in [0.3, 0.4) is 0 Å². The van der Waals surface area contributed by atoms with Crippen LogP contribution in [0.4, 0.5) is 0 Å². The van der Waals surface area contributed by atoms with Crippen LogP contribution >= 0.6 is 0 Å².